The molecule has 0 radical (unpaired) electrons. The van der Waals surface area contributed by atoms with Crippen LogP contribution < -0.4 is 0 Å². The molecule has 0 aliphatic carbocycles. The zero-order chi connectivity index (χ0) is 14.8. The molecule has 0 unspecified atom stereocenters. The van der Waals surface area contributed by atoms with Crippen molar-refractivity contribution in [3.63, 3.8) is 0 Å². The standard InChI is InChI=1S/C20H39P/c1-2-3-4-5-6-7-8-9-10-11-18-21-19-14-12-15-20(21)17-13-16-19/h19-20H,2-18H2,1H3. The Hall–Kier alpha value is 0.430. The molecule has 1 heteroatoms. The quantitative estimate of drug-likeness (QED) is 0.274. The first-order valence-electron chi connectivity index (χ1n) is 10.2. The summed E-state index contributed by atoms with van der Waals surface area (Å²) in [6.07, 6.45) is 26.1. The SMILES string of the molecule is CCCCCCCCCCCCP1C2CCCC1CCC2. The summed E-state index contributed by atoms with van der Waals surface area (Å²) in [4.78, 5) is 0. The van der Waals surface area contributed by atoms with Crippen LogP contribution in [0.15, 0.2) is 0 Å². The van der Waals surface area contributed by atoms with Gasteiger partial charge in [-0.25, -0.2) is 0 Å². The minimum Gasteiger partial charge on any atom is -0.100 e. The number of fused-ring (bicyclic) bond motifs is 2. The Bertz CT molecular complexity index is 228. The van der Waals surface area contributed by atoms with E-state index in [4.69, 9.17) is 0 Å². The van der Waals surface area contributed by atoms with Crippen LogP contribution in [0.3, 0.4) is 0 Å². The minimum absolute atomic E-state index is 0.456. The highest BCUT2D eigenvalue weighted by Gasteiger charge is 2.34. The van der Waals surface area contributed by atoms with Crippen LogP contribution in [-0.4, -0.2) is 17.5 Å². The first-order valence-corrected chi connectivity index (χ1v) is 11.8. The summed E-state index contributed by atoms with van der Waals surface area (Å²) >= 11 is 0. The number of unbranched alkanes of at least 4 members (excludes halogenated alkanes) is 9. The summed E-state index contributed by atoms with van der Waals surface area (Å²) in [7, 11) is 0.456. The van der Waals surface area contributed by atoms with Crippen molar-refractivity contribution in [2.75, 3.05) is 6.16 Å². The highest BCUT2D eigenvalue weighted by Crippen LogP contribution is 2.59. The zero-order valence-electron chi connectivity index (χ0n) is 14.6. The molecule has 2 aliphatic rings. The topological polar surface area (TPSA) is 0 Å². The molecule has 0 saturated carbocycles. The van der Waals surface area contributed by atoms with E-state index in [1.165, 1.54) is 69.1 Å². The van der Waals surface area contributed by atoms with Crippen LogP contribution in [0.25, 0.3) is 0 Å². The van der Waals surface area contributed by atoms with E-state index >= 15 is 0 Å². The van der Waals surface area contributed by atoms with E-state index in [0.717, 1.165) is 0 Å². The average molecular weight is 311 g/mol. The van der Waals surface area contributed by atoms with Gasteiger partial charge in [0.2, 0.25) is 0 Å². The third-order valence-corrected chi connectivity index (χ3v) is 9.60. The van der Waals surface area contributed by atoms with E-state index in [-0.39, 0.29) is 0 Å². The fourth-order valence-corrected chi connectivity index (χ4v) is 8.55. The highest BCUT2D eigenvalue weighted by molar-refractivity contribution is 7.59. The van der Waals surface area contributed by atoms with Crippen molar-refractivity contribution in [1.82, 2.24) is 0 Å². The van der Waals surface area contributed by atoms with Gasteiger partial charge in [-0.1, -0.05) is 77.6 Å². The van der Waals surface area contributed by atoms with Gasteiger partial charge in [0.05, 0.1) is 0 Å². The summed E-state index contributed by atoms with van der Waals surface area (Å²) in [6.45, 7) is 2.31. The van der Waals surface area contributed by atoms with E-state index < -0.39 is 0 Å². The van der Waals surface area contributed by atoms with E-state index in [2.05, 4.69) is 6.92 Å². The van der Waals surface area contributed by atoms with Gasteiger partial charge in [-0.15, -0.1) is 7.92 Å². The van der Waals surface area contributed by atoms with Crippen molar-refractivity contribution < 1.29 is 0 Å². The Balaban J connectivity index is 1.43. The van der Waals surface area contributed by atoms with Gasteiger partial charge < -0.3 is 0 Å². The van der Waals surface area contributed by atoms with Gasteiger partial charge in [-0.05, 0) is 49.6 Å². The van der Waals surface area contributed by atoms with Gasteiger partial charge in [-0.3, -0.25) is 0 Å². The van der Waals surface area contributed by atoms with Crippen LogP contribution in [0, 0.1) is 0 Å². The predicted molar refractivity (Wildman–Crippen MR) is 98.9 cm³/mol. The Morgan fingerprint density at radius 3 is 1.52 bits per heavy atom. The number of rotatable bonds is 11. The van der Waals surface area contributed by atoms with E-state index in [1.807, 2.05) is 0 Å². The molecule has 0 aromatic rings. The maximum Gasteiger partial charge on any atom is -0.0207 e. The van der Waals surface area contributed by atoms with Crippen LogP contribution in [0.2, 0.25) is 0 Å². The lowest BCUT2D eigenvalue weighted by atomic mass is 9.99. The smallest absolute Gasteiger partial charge is 0.0207 e. The summed E-state index contributed by atoms with van der Waals surface area (Å²) in [5.74, 6) is 0. The van der Waals surface area contributed by atoms with Crippen molar-refractivity contribution in [2.24, 2.45) is 0 Å². The third kappa shape index (κ3) is 6.60. The molecule has 2 aliphatic heterocycles. The molecule has 0 nitrogen and oxygen atoms in total. The van der Waals surface area contributed by atoms with Crippen molar-refractivity contribution in [3.8, 4) is 0 Å². The molecule has 0 spiro atoms. The minimum atomic E-state index is 0.456. The Morgan fingerprint density at radius 1 is 0.619 bits per heavy atom. The average Bonchev–Trinajstić information content (AvgIpc) is 2.49. The van der Waals surface area contributed by atoms with Crippen molar-refractivity contribution >= 4 is 7.92 Å². The highest BCUT2D eigenvalue weighted by atomic mass is 31.1. The molecule has 124 valence electrons. The van der Waals surface area contributed by atoms with Gasteiger partial charge >= 0.3 is 0 Å². The van der Waals surface area contributed by atoms with Crippen LogP contribution in [0.1, 0.15) is 110 Å². The molecule has 2 heterocycles. The molecule has 0 atom stereocenters. The van der Waals surface area contributed by atoms with E-state index in [1.54, 1.807) is 51.1 Å². The summed E-state index contributed by atoms with van der Waals surface area (Å²) in [5, 5.41) is 0. The lowest BCUT2D eigenvalue weighted by Crippen LogP contribution is -2.27. The molecule has 0 aromatic heterocycles. The van der Waals surface area contributed by atoms with E-state index in [0.29, 0.717) is 7.92 Å². The molecular formula is C20H39P. The molecule has 2 rings (SSSR count). The van der Waals surface area contributed by atoms with Gasteiger partial charge in [0.1, 0.15) is 0 Å². The normalized spacial score (nSPS) is 28.7. The van der Waals surface area contributed by atoms with Crippen LogP contribution in [0.4, 0.5) is 0 Å². The van der Waals surface area contributed by atoms with Crippen LogP contribution in [0.5, 0.6) is 0 Å². The van der Waals surface area contributed by atoms with Crippen molar-refractivity contribution in [2.45, 2.75) is 121 Å². The second-order valence-corrected chi connectivity index (χ2v) is 10.5. The summed E-state index contributed by atoms with van der Waals surface area (Å²) < 4.78 is 0. The Labute approximate surface area is 135 Å². The lowest BCUT2D eigenvalue weighted by Gasteiger charge is -2.43. The fourth-order valence-electron chi connectivity index (χ4n) is 4.58. The van der Waals surface area contributed by atoms with Gasteiger partial charge in [0.15, 0.2) is 0 Å². The second-order valence-electron chi connectivity index (χ2n) is 7.59. The van der Waals surface area contributed by atoms with Crippen molar-refractivity contribution in [3.05, 3.63) is 0 Å². The summed E-state index contributed by atoms with van der Waals surface area (Å²) in [5.41, 5.74) is 2.40. The molecule has 0 N–H and O–H groups in total. The second kappa shape index (κ2) is 11.0. The first kappa shape index (κ1) is 17.8. The van der Waals surface area contributed by atoms with Gasteiger partial charge in [0.25, 0.3) is 0 Å². The van der Waals surface area contributed by atoms with Gasteiger partial charge in [0, 0.05) is 0 Å². The maximum absolute atomic E-state index is 2.31. The first-order chi connectivity index (χ1) is 10.4. The lowest BCUT2D eigenvalue weighted by molar-refractivity contribution is 0.473. The zero-order valence-corrected chi connectivity index (χ0v) is 15.5. The molecule has 0 aromatic carbocycles. The van der Waals surface area contributed by atoms with Crippen LogP contribution >= 0.6 is 7.92 Å². The molecular weight excluding hydrogens is 271 g/mol. The molecule has 2 bridgehead atoms. The maximum atomic E-state index is 2.31. The molecule has 0 amide bonds. The van der Waals surface area contributed by atoms with E-state index in [9.17, 15) is 0 Å². The predicted octanol–water partition coefficient (Wildman–Crippen LogP) is 7.49. The largest absolute Gasteiger partial charge is 0.100 e. The Morgan fingerprint density at radius 2 is 1.05 bits per heavy atom. The molecule has 2 saturated heterocycles. The fraction of sp³-hybridized carbons (Fsp3) is 1.00. The van der Waals surface area contributed by atoms with Gasteiger partial charge in [-0.2, -0.15) is 0 Å². The third-order valence-electron chi connectivity index (χ3n) is 5.86. The molecule has 2 fully saturated rings. The van der Waals surface area contributed by atoms with Crippen molar-refractivity contribution in [1.29, 1.82) is 0 Å². The summed E-state index contributed by atoms with van der Waals surface area (Å²) in [6, 6.07) is 0. The molecule has 21 heavy (non-hydrogen) atoms. The van der Waals surface area contributed by atoms with Crippen LogP contribution in [-0.2, 0) is 0 Å². The number of hydrogen-bond acceptors (Lipinski definition) is 0. The Kier molecular flexibility index (Phi) is 9.35. The number of hydrogen-bond donors (Lipinski definition) is 0. The monoisotopic (exact) mass is 310 g/mol.